The number of nitrogens with zero attached hydrogens (tertiary/aromatic N) is 4. The van der Waals surface area contributed by atoms with E-state index in [1.165, 1.54) is 17.6 Å². The maximum Gasteiger partial charge on any atom is 0.204 e. The lowest BCUT2D eigenvalue weighted by Gasteiger charge is -2.00. The Morgan fingerprint density at radius 3 is 2.68 bits per heavy atom. The minimum atomic E-state index is 0.0894. The fraction of sp³-hybridized carbons (Fsp3) is 0. The molecular weight excluding hydrogens is 394 g/mol. The molecule has 0 amide bonds. The molecule has 0 aliphatic rings. The number of thiazole rings is 1. The summed E-state index contributed by atoms with van der Waals surface area (Å²) in [4.78, 5) is 4.44. The zero-order chi connectivity index (χ0) is 19.3. The van der Waals surface area contributed by atoms with Gasteiger partial charge in [0, 0.05) is 5.56 Å². The number of azo groups is 1. The summed E-state index contributed by atoms with van der Waals surface area (Å²) >= 11 is 7.58. The van der Waals surface area contributed by atoms with Crippen molar-refractivity contribution in [1.82, 2.24) is 4.98 Å². The molecule has 8 heteroatoms. The smallest absolute Gasteiger partial charge is 0.204 e. The van der Waals surface area contributed by atoms with E-state index in [4.69, 9.17) is 11.6 Å². The molecule has 0 aliphatic carbocycles. The topological polar surface area (TPSA) is 82.2 Å². The van der Waals surface area contributed by atoms with Crippen LogP contribution in [0.1, 0.15) is 5.56 Å². The SMILES string of the molecule is Oc1ccc(N=Nc2ccccc2Cl)cc1C=NNc1nc2ccccc2s1. The summed E-state index contributed by atoms with van der Waals surface area (Å²) in [7, 11) is 0. The first kappa shape index (κ1) is 18.1. The average molecular weight is 408 g/mol. The second kappa shape index (κ2) is 8.16. The monoisotopic (exact) mass is 407 g/mol. The quantitative estimate of drug-likeness (QED) is 0.224. The van der Waals surface area contributed by atoms with E-state index in [1.807, 2.05) is 36.4 Å². The van der Waals surface area contributed by atoms with Gasteiger partial charge in [-0.15, -0.1) is 5.11 Å². The van der Waals surface area contributed by atoms with Crippen LogP contribution in [-0.4, -0.2) is 16.3 Å². The molecule has 3 aromatic carbocycles. The number of aromatic hydroxyl groups is 1. The van der Waals surface area contributed by atoms with Crippen molar-refractivity contribution in [2.45, 2.75) is 0 Å². The van der Waals surface area contributed by atoms with E-state index in [9.17, 15) is 5.11 Å². The highest BCUT2D eigenvalue weighted by molar-refractivity contribution is 7.22. The molecule has 0 saturated carbocycles. The van der Waals surface area contributed by atoms with Gasteiger partial charge < -0.3 is 5.11 Å². The number of nitrogens with one attached hydrogen (secondary N) is 1. The highest BCUT2D eigenvalue weighted by Crippen LogP contribution is 2.28. The molecule has 4 rings (SSSR count). The zero-order valence-electron chi connectivity index (χ0n) is 14.5. The number of phenols is 1. The van der Waals surface area contributed by atoms with Crippen LogP contribution in [0.4, 0.5) is 16.5 Å². The van der Waals surface area contributed by atoms with Gasteiger partial charge in [0.2, 0.25) is 5.13 Å². The van der Waals surface area contributed by atoms with E-state index in [2.05, 4.69) is 25.7 Å². The lowest BCUT2D eigenvalue weighted by molar-refractivity contribution is 0.474. The Hall–Kier alpha value is -3.29. The predicted octanol–water partition coefficient (Wildman–Crippen LogP) is 6.52. The van der Waals surface area contributed by atoms with Crippen molar-refractivity contribution in [3.63, 3.8) is 0 Å². The molecule has 2 N–H and O–H groups in total. The van der Waals surface area contributed by atoms with Gasteiger partial charge in [0.25, 0.3) is 0 Å². The van der Waals surface area contributed by atoms with Crippen LogP contribution in [-0.2, 0) is 0 Å². The van der Waals surface area contributed by atoms with Gasteiger partial charge in [-0.25, -0.2) is 4.98 Å². The number of hydrogen-bond acceptors (Lipinski definition) is 7. The van der Waals surface area contributed by atoms with E-state index < -0.39 is 0 Å². The summed E-state index contributed by atoms with van der Waals surface area (Å²) in [5, 5.41) is 23.7. The summed E-state index contributed by atoms with van der Waals surface area (Å²) < 4.78 is 1.07. The van der Waals surface area contributed by atoms with Crippen LogP contribution in [0.25, 0.3) is 10.2 Å². The van der Waals surface area contributed by atoms with Crippen LogP contribution >= 0.6 is 22.9 Å². The normalized spacial score (nSPS) is 11.6. The Morgan fingerprint density at radius 1 is 1.00 bits per heavy atom. The zero-order valence-corrected chi connectivity index (χ0v) is 16.0. The number of aromatic nitrogens is 1. The van der Waals surface area contributed by atoms with Gasteiger partial charge in [0.05, 0.1) is 27.1 Å². The Morgan fingerprint density at radius 2 is 1.82 bits per heavy atom. The number of hydrogen-bond donors (Lipinski definition) is 2. The molecule has 0 saturated heterocycles. The van der Waals surface area contributed by atoms with Crippen LogP contribution in [0.3, 0.4) is 0 Å². The van der Waals surface area contributed by atoms with Crippen molar-refractivity contribution in [2.24, 2.45) is 15.3 Å². The summed E-state index contributed by atoms with van der Waals surface area (Å²) in [6, 6.07) is 19.9. The van der Waals surface area contributed by atoms with E-state index in [-0.39, 0.29) is 5.75 Å². The van der Waals surface area contributed by atoms with E-state index in [1.54, 1.807) is 30.3 Å². The van der Waals surface area contributed by atoms with Crippen LogP contribution < -0.4 is 5.43 Å². The van der Waals surface area contributed by atoms with Gasteiger partial charge in [0.1, 0.15) is 11.4 Å². The van der Waals surface area contributed by atoms with Crippen molar-refractivity contribution < 1.29 is 5.11 Å². The average Bonchev–Trinajstić information content (AvgIpc) is 3.12. The highest BCUT2D eigenvalue weighted by atomic mass is 35.5. The van der Waals surface area contributed by atoms with Crippen LogP contribution in [0, 0.1) is 0 Å². The molecule has 0 unspecified atom stereocenters. The maximum absolute atomic E-state index is 10.1. The standard InChI is InChI=1S/C20H14ClN5OS/c21-15-5-1-2-6-16(15)25-24-14-9-10-18(27)13(11-14)12-22-26-20-23-17-7-3-4-8-19(17)28-20/h1-12,27H,(H,23,26). The Labute approximate surface area is 169 Å². The van der Waals surface area contributed by atoms with Crippen LogP contribution in [0.5, 0.6) is 5.75 Å². The molecule has 4 aromatic rings. The van der Waals surface area contributed by atoms with E-state index in [0.717, 1.165) is 10.2 Å². The molecule has 0 radical (unpaired) electrons. The summed E-state index contributed by atoms with van der Waals surface area (Å²) in [6.45, 7) is 0. The summed E-state index contributed by atoms with van der Waals surface area (Å²) in [6.07, 6.45) is 1.51. The molecule has 0 spiro atoms. The first-order chi connectivity index (χ1) is 13.7. The Kier molecular flexibility index (Phi) is 5.27. The molecule has 1 aromatic heterocycles. The van der Waals surface area contributed by atoms with E-state index >= 15 is 0 Å². The molecule has 0 aliphatic heterocycles. The third-order valence-electron chi connectivity index (χ3n) is 3.79. The minimum Gasteiger partial charge on any atom is -0.507 e. The highest BCUT2D eigenvalue weighted by Gasteiger charge is 2.03. The number of para-hydroxylation sites is 1. The molecule has 1 heterocycles. The van der Waals surface area contributed by atoms with Gasteiger partial charge in [-0.3, -0.25) is 5.43 Å². The number of halogens is 1. The first-order valence-corrected chi connectivity index (χ1v) is 9.52. The number of fused-ring (bicyclic) bond motifs is 1. The molecular formula is C20H14ClN5OS. The van der Waals surface area contributed by atoms with Crippen molar-refractivity contribution in [1.29, 1.82) is 0 Å². The molecule has 0 fully saturated rings. The first-order valence-electron chi connectivity index (χ1n) is 8.33. The molecule has 0 bridgehead atoms. The Balaban J connectivity index is 1.50. The van der Waals surface area contributed by atoms with Crippen LogP contribution in [0.2, 0.25) is 5.02 Å². The lowest BCUT2D eigenvalue weighted by atomic mass is 10.2. The van der Waals surface area contributed by atoms with Gasteiger partial charge in [-0.2, -0.15) is 10.2 Å². The Bertz CT molecular complexity index is 1160. The van der Waals surface area contributed by atoms with Crippen LogP contribution in [0.15, 0.2) is 82.1 Å². The fourth-order valence-electron chi connectivity index (χ4n) is 2.43. The molecule has 6 nitrogen and oxygen atoms in total. The minimum absolute atomic E-state index is 0.0894. The summed E-state index contributed by atoms with van der Waals surface area (Å²) in [5.74, 6) is 0.0894. The second-order valence-electron chi connectivity index (χ2n) is 5.75. The predicted molar refractivity (Wildman–Crippen MR) is 115 cm³/mol. The van der Waals surface area contributed by atoms with Crippen molar-refractivity contribution in [2.75, 3.05) is 5.43 Å². The molecule has 28 heavy (non-hydrogen) atoms. The third kappa shape index (κ3) is 4.16. The van der Waals surface area contributed by atoms with Crippen molar-refractivity contribution in [3.05, 3.63) is 77.3 Å². The van der Waals surface area contributed by atoms with Crippen molar-refractivity contribution in [3.8, 4) is 5.75 Å². The number of anilines is 1. The fourth-order valence-corrected chi connectivity index (χ4v) is 3.42. The van der Waals surface area contributed by atoms with Gasteiger partial charge in [-0.1, -0.05) is 47.2 Å². The van der Waals surface area contributed by atoms with Gasteiger partial charge >= 0.3 is 0 Å². The number of benzene rings is 3. The number of rotatable bonds is 5. The van der Waals surface area contributed by atoms with E-state index in [0.29, 0.717) is 27.1 Å². The maximum atomic E-state index is 10.1. The molecule has 0 atom stereocenters. The van der Waals surface area contributed by atoms with Crippen molar-refractivity contribution >= 4 is 55.9 Å². The summed E-state index contributed by atoms with van der Waals surface area (Å²) in [5.41, 5.74) is 5.45. The van der Waals surface area contributed by atoms with Gasteiger partial charge in [0.15, 0.2) is 0 Å². The number of hydrazone groups is 1. The molecule has 138 valence electrons. The second-order valence-corrected chi connectivity index (χ2v) is 7.19. The van der Waals surface area contributed by atoms with Gasteiger partial charge in [-0.05, 0) is 42.5 Å². The number of phenolic OH excluding ortho intramolecular Hbond substituents is 1. The lowest BCUT2D eigenvalue weighted by Crippen LogP contribution is -1.90. The largest absolute Gasteiger partial charge is 0.507 e. The third-order valence-corrected chi connectivity index (χ3v) is 5.06.